The van der Waals surface area contributed by atoms with Crippen molar-refractivity contribution in [1.29, 1.82) is 0 Å². The number of benzene rings is 1. The summed E-state index contributed by atoms with van der Waals surface area (Å²) in [5.41, 5.74) is 1.75. The molecule has 0 aliphatic carbocycles. The van der Waals surface area contributed by atoms with E-state index in [1.54, 1.807) is 6.20 Å². The molecule has 0 amide bonds. The first-order valence-electron chi connectivity index (χ1n) is 7.12. The maximum atomic E-state index is 13.1. The molecule has 1 aromatic carbocycles. The molecule has 0 spiro atoms. The minimum absolute atomic E-state index is 0.0571. The van der Waals surface area contributed by atoms with Crippen LogP contribution in [0.3, 0.4) is 0 Å². The molecule has 3 heterocycles. The lowest BCUT2D eigenvalue weighted by Gasteiger charge is -2.16. The third kappa shape index (κ3) is 2.46. The van der Waals surface area contributed by atoms with E-state index in [0.717, 1.165) is 34.4 Å². The van der Waals surface area contributed by atoms with Crippen LogP contribution in [0.15, 0.2) is 40.8 Å². The molecule has 0 atom stereocenters. The highest BCUT2D eigenvalue weighted by Gasteiger charge is 2.29. The smallest absolute Gasteiger partial charge is 0.281 e. The Balaban J connectivity index is 1.77. The Hall–Kier alpha value is -2.09. The number of allylic oxidation sites excluding steroid dienone is 1. The molecule has 2 aliphatic rings. The molecule has 8 heteroatoms. The zero-order valence-electron chi connectivity index (χ0n) is 12.0. The van der Waals surface area contributed by atoms with Crippen LogP contribution in [0.5, 0.6) is 0 Å². The van der Waals surface area contributed by atoms with Crippen molar-refractivity contribution in [2.45, 2.75) is 13.0 Å². The second-order valence-electron chi connectivity index (χ2n) is 5.30. The SMILES string of the molecule is FC(F)C1=COCN1c1cn2c(n1)-c1ccc(Br)cc1NCC2. The molecule has 23 heavy (non-hydrogen) atoms. The van der Waals surface area contributed by atoms with Crippen LogP contribution < -0.4 is 10.2 Å². The number of nitrogens with one attached hydrogen (secondary N) is 1. The minimum atomic E-state index is -2.59. The molecule has 4 rings (SSSR count). The number of halogens is 3. The van der Waals surface area contributed by atoms with Gasteiger partial charge in [0.1, 0.15) is 17.8 Å². The highest BCUT2D eigenvalue weighted by Crippen LogP contribution is 2.35. The van der Waals surface area contributed by atoms with Gasteiger partial charge in [-0.2, -0.15) is 0 Å². The van der Waals surface area contributed by atoms with Crippen molar-refractivity contribution in [1.82, 2.24) is 9.55 Å². The number of rotatable bonds is 2. The van der Waals surface area contributed by atoms with E-state index in [-0.39, 0.29) is 12.4 Å². The van der Waals surface area contributed by atoms with Crippen molar-refractivity contribution in [2.75, 3.05) is 23.5 Å². The predicted molar refractivity (Wildman–Crippen MR) is 86.4 cm³/mol. The van der Waals surface area contributed by atoms with Gasteiger partial charge in [0, 0.05) is 35.0 Å². The number of anilines is 2. The molecule has 120 valence electrons. The zero-order chi connectivity index (χ0) is 16.0. The van der Waals surface area contributed by atoms with Gasteiger partial charge in [-0.3, -0.25) is 4.90 Å². The number of alkyl halides is 2. The van der Waals surface area contributed by atoms with Crippen molar-refractivity contribution < 1.29 is 13.5 Å². The van der Waals surface area contributed by atoms with Gasteiger partial charge in [0.2, 0.25) is 0 Å². The summed E-state index contributed by atoms with van der Waals surface area (Å²) in [6.45, 7) is 1.50. The minimum Gasteiger partial charge on any atom is -0.478 e. The molecule has 0 saturated heterocycles. The number of nitrogens with zero attached hydrogens (tertiary/aromatic N) is 3. The van der Waals surface area contributed by atoms with Crippen molar-refractivity contribution in [3.05, 3.63) is 40.8 Å². The van der Waals surface area contributed by atoms with Crippen LogP contribution in [0.4, 0.5) is 20.3 Å². The lowest BCUT2D eigenvalue weighted by Crippen LogP contribution is -2.23. The molecule has 0 radical (unpaired) electrons. The van der Waals surface area contributed by atoms with E-state index in [4.69, 9.17) is 4.74 Å². The Labute approximate surface area is 139 Å². The Morgan fingerprint density at radius 3 is 3.04 bits per heavy atom. The maximum absolute atomic E-state index is 13.1. The number of hydrogen-bond donors (Lipinski definition) is 1. The largest absolute Gasteiger partial charge is 0.478 e. The molecule has 2 aliphatic heterocycles. The van der Waals surface area contributed by atoms with Gasteiger partial charge in [0.05, 0.1) is 0 Å². The molecule has 5 nitrogen and oxygen atoms in total. The zero-order valence-corrected chi connectivity index (χ0v) is 13.6. The average Bonchev–Trinajstić information content (AvgIpc) is 3.11. The lowest BCUT2D eigenvalue weighted by atomic mass is 10.1. The predicted octanol–water partition coefficient (Wildman–Crippen LogP) is 3.64. The molecule has 2 aromatic rings. The molecule has 0 fully saturated rings. The first-order chi connectivity index (χ1) is 11.1. The van der Waals surface area contributed by atoms with E-state index in [2.05, 4.69) is 26.2 Å². The van der Waals surface area contributed by atoms with Gasteiger partial charge in [-0.05, 0) is 18.2 Å². The quantitative estimate of drug-likeness (QED) is 0.860. The van der Waals surface area contributed by atoms with E-state index in [1.807, 2.05) is 22.8 Å². The normalized spacial score (nSPS) is 16.3. The first kappa shape index (κ1) is 14.5. The standard InChI is InChI=1S/C15H13BrF2N4O/c16-9-1-2-10-11(5-9)19-3-4-21-6-13(20-15(10)21)22-8-23-7-12(22)14(17)18/h1-2,5-7,14,19H,3-4,8H2. The van der Waals surface area contributed by atoms with Gasteiger partial charge < -0.3 is 14.6 Å². The van der Waals surface area contributed by atoms with Gasteiger partial charge in [-0.15, -0.1) is 0 Å². The summed E-state index contributed by atoms with van der Waals surface area (Å²) in [6, 6.07) is 5.89. The van der Waals surface area contributed by atoms with Gasteiger partial charge in [0.15, 0.2) is 12.5 Å². The van der Waals surface area contributed by atoms with Crippen LogP contribution in [-0.4, -0.2) is 29.3 Å². The molecule has 1 N–H and O–H groups in total. The Morgan fingerprint density at radius 2 is 2.22 bits per heavy atom. The van der Waals surface area contributed by atoms with Crippen LogP contribution in [0.2, 0.25) is 0 Å². The van der Waals surface area contributed by atoms with Crippen molar-refractivity contribution >= 4 is 27.4 Å². The van der Waals surface area contributed by atoms with Crippen LogP contribution >= 0.6 is 15.9 Å². The fraction of sp³-hybridized carbons (Fsp3) is 0.267. The van der Waals surface area contributed by atoms with E-state index in [9.17, 15) is 8.78 Å². The van der Waals surface area contributed by atoms with Crippen LogP contribution in [-0.2, 0) is 11.3 Å². The number of fused-ring (bicyclic) bond motifs is 3. The number of ether oxygens (including phenoxy) is 1. The van der Waals surface area contributed by atoms with E-state index in [0.29, 0.717) is 12.4 Å². The van der Waals surface area contributed by atoms with Gasteiger partial charge in [0.25, 0.3) is 6.43 Å². The highest BCUT2D eigenvalue weighted by molar-refractivity contribution is 9.10. The van der Waals surface area contributed by atoms with Crippen molar-refractivity contribution in [3.8, 4) is 11.4 Å². The second kappa shape index (κ2) is 5.52. The molecule has 0 saturated carbocycles. The number of imidazole rings is 1. The molecule has 1 aromatic heterocycles. The van der Waals surface area contributed by atoms with Gasteiger partial charge in [-0.1, -0.05) is 15.9 Å². The number of hydrogen-bond acceptors (Lipinski definition) is 4. The third-order valence-electron chi connectivity index (χ3n) is 3.87. The lowest BCUT2D eigenvalue weighted by molar-refractivity contribution is 0.187. The topological polar surface area (TPSA) is 42.3 Å². The van der Waals surface area contributed by atoms with Crippen molar-refractivity contribution in [3.63, 3.8) is 0 Å². The summed E-state index contributed by atoms with van der Waals surface area (Å²) in [4.78, 5) is 5.98. The highest BCUT2D eigenvalue weighted by atomic mass is 79.9. The molecular weight excluding hydrogens is 370 g/mol. The van der Waals surface area contributed by atoms with Gasteiger partial charge >= 0.3 is 0 Å². The number of aromatic nitrogens is 2. The summed E-state index contributed by atoms with van der Waals surface area (Å²) < 4.78 is 34.1. The molecule has 0 bridgehead atoms. The third-order valence-corrected chi connectivity index (χ3v) is 4.37. The summed E-state index contributed by atoms with van der Waals surface area (Å²) >= 11 is 3.46. The van der Waals surface area contributed by atoms with E-state index in [1.165, 1.54) is 4.90 Å². The molecule has 0 unspecified atom stereocenters. The molecular formula is C15H13BrF2N4O. The van der Waals surface area contributed by atoms with Crippen molar-refractivity contribution in [2.24, 2.45) is 0 Å². The summed E-state index contributed by atoms with van der Waals surface area (Å²) in [5, 5.41) is 3.35. The maximum Gasteiger partial charge on any atom is 0.281 e. The Kier molecular flexibility index (Phi) is 3.48. The Morgan fingerprint density at radius 1 is 1.35 bits per heavy atom. The Bertz CT molecular complexity index is 790. The van der Waals surface area contributed by atoms with Crippen LogP contribution in [0, 0.1) is 0 Å². The fourth-order valence-electron chi connectivity index (χ4n) is 2.79. The van der Waals surface area contributed by atoms with E-state index < -0.39 is 6.43 Å². The van der Waals surface area contributed by atoms with E-state index >= 15 is 0 Å². The monoisotopic (exact) mass is 382 g/mol. The summed E-state index contributed by atoms with van der Waals surface area (Å²) in [5.74, 6) is 1.23. The first-order valence-corrected chi connectivity index (χ1v) is 7.91. The summed E-state index contributed by atoms with van der Waals surface area (Å²) in [7, 11) is 0. The van der Waals surface area contributed by atoms with Crippen LogP contribution in [0.25, 0.3) is 11.4 Å². The fourth-order valence-corrected chi connectivity index (χ4v) is 3.15. The average molecular weight is 383 g/mol. The van der Waals surface area contributed by atoms with Crippen LogP contribution in [0.1, 0.15) is 0 Å². The van der Waals surface area contributed by atoms with Gasteiger partial charge in [-0.25, -0.2) is 13.8 Å². The second-order valence-corrected chi connectivity index (χ2v) is 6.22. The summed E-state index contributed by atoms with van der Waals surface area (Å²) in [6.07, 6.45) is 0.296.